The SMILES string of the molecule is Cc1cccc(OCCNC(=O)c2ccc(N)cc2N)c1. The van der Waals surface area contributed by atoms with Crippen molar-refractivity contribution in [2.24, 2.45) is 0 Å². The molecule has 0 heterocycles. The molecule has 5 heteroatoms. The van der Waals surface area contributed by atoms with Crippen molar-refractivity contribution in [1.29, 1.82) is 0 Å². The van der Waals surface area contributed by atoms with Crippen molar-refractivity contribution in [2.45, 2.75) is 6.92 Å². The standard InChI is InChI=1S/C16H19N3O2/c1-11-3-2-4-13(9-11)21-8-7-19-16(20)14-6-5-12(17)10-15(14)18/h2-6,9-10H,7-8,17-18H2,1H3,(H,19,20). The maximum Gasteiger partial charge on any atom is 0.253 e. The van der Waals surface area contributed by atoms with Crippen LogP contribution in [0.2, 0.25) is 0 Å². The van der Waals surface area contributed by atoms with Gasteiger partial charge in [0, 0.05) is 11.4 Å². The third-order valence-corrected chi connectivity index (χ3v) is 2.97. The van der Waals surface area contributed by atoms with Gasteiger partial charge in [-0.25, -0.2) is 0 Å². The zero-order chi connectivity index (χ0) is 15.2. The lowest BCUT2D eigenvalue weighted by Gasteiger charge is -2.09. The average molecular weight is 285 g/mol. The van der Waals surface area contributed by atoms with Gasteiger partial charge in [-0.1, -0.05) is 12.1 Å². The molecule has 2 aromatic carbocycles. The van der Waals surface area contributed by atoms with Crippen molar-refractivity contribution in [2.75, 3.05) is 24.6 Å². The van der Waals surface area contributed by atoms with E-state index in [0.29, 0.717) is 30.1 Å². The van der Waals surface area contributed by atoms with Crippen molar-refractivity contribution in [3.63, 3.8) is 0 Å². The molecule has 0 fully saturated rings. The second-order valence-electron chi connectivity index (χ2n) is 4.77. The Balaban J connectivity index is 1.82. The molecule has 2 rings (SSSR count). The highest BCUT2D eigenvalue weighted by atomic mass is 16.5. The van der Waals surface area contributed by atoms with Crippen molar-refractivity contribution in [3.05, 3.63) is 53.6 Å². The molecule has 0 unspecified atom stereocenters. The fraction of sp³-hybridized carbons (Fsp3) is 0.188. The third-order valence-electron chi connectivity index (χ3n) is 2.97. The Morgan fingerprint density at radius 2 is 2.00 bits per heavy atom. The number of hydrogen-bond donors (Lipinski definition) is 3. The Labute approximate surface area is 123 Å². The molecule has 2 aromatic rings. The normalized spacial score (nSPS) is 10.1. The molecule has 110 valence electrons. The molecule has 0 aliphatic rings. The second kappa shape index (κ2) is 6.65. The molecule has 0 aliphatic heterocycles. The van der Waals surface area contributed by atoms with Gasteiger partial charge in [0.05, 0.1) is 12.1 Å². The maximum absolute atomic E-state index is 12.0. The Morgan fingerprint density at radius 1 is 1.19 bits per heavy atom. The van der Waals surface area contributed by atoms with Gasteiger partial charge >= 0.3 is 0 Å². The van der Waals surface area contributed by atoms with E-state index in [2.05, 4.69) is 5.32 Å². The predicted molar refractivity (Wildman–Crippen MR) is 84.3 cm³/mol. The molecule has 0 radical (unpaired) electrons. The molecule has 0 bridgehead atoms. The van der Waals surface area contributed by atoms with E-state index in [4.69, 9.17) is 16.2 Å². The number of aryl methyl sites for hydroxylation is 1. The van der Waals surface area contributed by atoms with Crippen molar-refractivity contribution >= 4 is 17.3 Å². The minimum absolute atomic E-state index is 0.236. The molecule has 0 spiro atoms. The largest absolute Gasteiger partial charge is 0.492 e. The summed E-state index contributed by atoms with van der Waals surface area (Å²) in [5, 5.41) is 2.76. The molecule has 21 heavy (non-hydrogen) atoms. The molecule has 0 saturated heterocycles. The average Bonchev–Trinajstić information content (AvgIpc) is 2.43. The number of carbonyl (C=O) groups excluding carboxylic acids is 1. The van der Waals surface area contributed by atoms with E-state index in [9.17, 15) is 4.79 Å². The molecule has 5 nitrogen and oxygen atoms in total. The highest BCUT2D eigenvalue weighted by Crippen LogP contribution is 2.15. The van der Waals surface area contributed by atoms with Crippen molar-refractivity contribution in [1.82, 2.24) is 5.32 Å². The van der Waals surface area contributed by atoms with Crippen LogP contribution in [0.4, 0.5) is 11.4 Å². The predicted octanol–water partition coefficient (Wildman–Crippen LogP) is 1.97. The lowest BCUT2D eigenvalue weighted by molar-refractivity contribution is 0.0948. The number of hydrogen-bond acceptors (Lipinski definition) is 4. The Kier molecular flexibility index (Phi) is 4.66. The van der Waals surface area contributed by atoms with Crippen LogP contribution in [-0.2, 0) is 0 Å². The van der Waals surface area contributed by atoms with E-state index in [-0.39, 0.29) is 5.91 Å². The van der Waals surface area contributed by atoms with Crippen LogP contribution in [0.15, 0.2) is 42.5 Å². The van der Waals surface area contributed by atoms with E-state index in [1.807, 2.05) is 31.2 Å². The monoisotopic (exact) mass is 285 g/mol. The summed E-state index contributed by atoms with van der Waals surface area (Å²) in [6, 6.07) is 12.6. The summed E-state index contributed by atoms with van der Waals surface area (Å²) in [6.07, 6.45) is 0. The number of anilines is 2. The lowest BCUT2D eigenvalue weighted by atomic mass is 10.1. The van der Waals surface area contributed by atoms with E-state index >= 15 is 0 Å². The molecule has 1 amide bonds. The molecule has 0 saturated carbocycles. The summed E-state index contributed by atoms with van der Waals surface area (Å²) < 4.78 is 5.56. The number of nitrogen functional groups attached to an aromatic ring is 2. The molecule has 0 atom stereocenters. The van der Waals surface area contributed by atoms with E-state index < -0.39 is 0 Å². The van der Waals surface area contributed by atoms with Crippen LogP contribution in [0.5, 0.6) is 5.75 Å². The fourth-order valence-electron chi connectivity index (χ4n) is 1.92. The van der Waals surface area contributed by atoms with Gasteiger partial charge in [-0.05, 0) is 42.8 Å². The number of amides is 1. The molecular weight excluding hydrogens is 266 g/mol. The van der Waals surface area contributed by atoms with Crippen LogP contribution < -0.4 is 21.5 Å². The summed E-state index contributed by atoms with van der Waals surface area (Å²) >= 11 is 0. The second-order valence-corrected chi connectivity index (χ2v) is 4.77. The van der Waals surface area contributed by atoms with Gasteiger partial charge in [0.1, 0.15) is 12.4 Å². The van der Waals surface area contributed by atoms with E-state index in [1.54, 1.807) is 18.2 Å². The summed E-state index contributed by atoms with van der Waals surface area (Å²) in [7, 11) is 0. The molecule has 0 aliphatic carbocycles. The minimum Gasteiger partial charge on any atom is -0.492 e. The van der Waals surface area contributed by atoms with Crippen molar-refractivity contribution in [3.8, 4) is 5.75 Å². The highest BCUT2D eigenvalue weighted by Gasteiger charge is 2.08. The number of nitrogens with two attached hydrogens (primary N) is 2. The van der Waals surface area contributed by atoms with Crippen LogP contribution in [0.1, 0.15) is 15.9 Å². The first-order valence-corrected chi connectivity index (χ1v) is 6.69. The maximum atomic E-state index is 12.0. The Hall–Kier alpha value is -2.69. The zero-order valence-corrected chi connectivity index (χ0v) is 11.9. The summed E-state index contributed by atoms with van der Waals surface area (Å²) in [5.74, 6) is 0.552. The van der Waals surface area contributed by atoms with Crippen LogP contribution in [0.25, 0.3) is 0 Å². The number of rotatable bonds is 5. The van der Waals surface area contributed by atoms with Gasteiger partial charge in [-0.15, -0.1) is 0 Å². The first kappa shape index (κ1) is 14.7. The topological polar surface area (TPSA) is 90.4 Å². The van der Waals surface area contributed by atoms with Gasteiger partial charge in [0.2, 0.25) is 0 Å². The van der Waals surface area contributed by atoms with Gasteiger partial charge in [-0.3, -0.25) is 4.79 Å². The van der Waals surface area contributed by atoms with Crippen LogP contribution >= 0.6 is 0 Å². The van der Waals surface area contributed by atoms with E-state index in [0.717, 1.165) is 11.3 Å². The van der Waals surface area contributed by atoms with Crippen molar-refractivity contribution < 1.29 is 9.53 Å². The van der Waals surface area contributed by atoms with Gasteiger partial charge in [0.15, 0.2) is 0 Å². The van der Waals surface area contributed by atoms with Crippen LogP contribution in [0.3, 0.4) is 0 Å². The minimum atomic E-state index is -0.236. The van der Waals surface area contributed by atoms with Crippen LogP contribution in [0, 0.1) is 6.92 Å². The first-order chi connectivity index (χ1) is 10.1. The smallest absolute Gasteiger partial charge is 0.253 e. The number of nitrogens with one attached hydrogen (secondary N) is 1. The summed E-state index contributed by atoms with van der Waals surface area (Å²) in [4.78, 5) is 12.0. The molecule has 0 aromatic heterocycles. The Morgan fingerprint density at radius 3 is 2.71 bits per heavy atom. The fourth-order valence-corrected chi connectivity index (χ4v) is 1.92. The number of carbonyl (C=O) groups is 1. The lowest BCUT2D eigenvalue weighted by Crippen LogP contribution is -2.28. The highest BCUT2D eigenvalue weighted by molar-refractivity contribution is 5.99. The van der Waals surface area contributed by atoms with Gasteiger partial charge in [0.25, 0.3) is 5.91 Å². The summed E-state index contributed by atoms with van der Waals surface area (Å²) in [5.41, 5.74) is 13.8. The Bertz CT molecular complexity index is 641. The summed E-state index contributed by atoms with van der Waals surface area (Å²) in [6.45, 7) is 2.79. The number of ether oxygens (including phenoxy) is 1. The molecular formula is C16H19N3O2. The third kappa shape index (κ3) is 4.14. The van der Waals surface area contributed by atoms with Gasteiger partial charge in [-0.2, -0.15) is 0 Å². The van der Waals surface area contributed by atoms with Gasteiger partial charge < -0.3 is 21.5 Å². The molecule has 5 N–H and O–H groups in total. The number of benzene rings is 2. The van der Waals surface area contributed by atoms with E-state index in [1.165, 1.54) is 0 Å². The zero-order valence-electron chi connectivity index (χ0n) is 11.9. The van der Waals surface area contributed by atoms with Crippen LogP contribution in [-0.4, -0.2) is 19.1 Å². The quantitative estimate of drug-likeness (QED) is 0.578. The first-order valence-electron chi connectivity index (χ1n) is 6.69.